The zero-order valence-electron chi connectivity index (χ0n) is 40.1. The van der Waals surface area contributed by atoms with Crippen molar-refractivity contribution in [2.75, 3.05) is 39.3 Å². The van der Waals surface area contributed by atoms with E-state index in [2.05, 4.69) is 37.5 Å². The van der Waals surface area contributed by atoms with Crippen molar-refractivity contribution in [3.05, 3.63) is 0 Å². The molecule has 0 aliphatic heterocycles. The molecule has 60 heavy (non-hydrogen) atoms. The molecule has 0 aromatic rings. The Labute approximate surface area is 380 Å². The largest absolute Gasteiger partial charge is 0.392 e. The van der Waals surface area contributed by atoms with Crippen LogP contribution in [0.4, 0.5) is 0 Å². The molecule has 0 rings (SSSR count). The van der Waals surface area contributed by atoms with Crippen molar-refractivity contribution < 1.29 is 30.0 Å². The SMILES string of the molecule is CCCCCCCCC(O)CN(CCCC(=O)SC(C)SC(=O)CCCN(CC(O)CCCCCCCC)CC(O)CCCCCCCC)CC(O)CCCCCCCC. The summed E-state index contributed by atoms with van der Waals surface area (Å²) in [6, 6.07) is 0. The minimum absolute atomic E-state index is 0.0767. The second-order valence-electron chi connectivity index (χ2n) is 18.1. The average molecular weight is 889 g/mol. The third-order valence-electron chi connectivity index (χ3n) is 11.7. The molecule has 0 spiro atoms. The van der Waals surface area contributed by atoms with Crippen LogP contribution in [0.15, 0.2) is 0 Å². The highest BCUT2D eigenvalue weighted by Gasteiger charge is 2.20. The smallest absolute Gasteiger partial charge is 0.190 e. The van der Waals surface area contributed by atoms with Gasteiger partial charge in [-0.2, -0.15) is 0 Å². The number of thioether (sulfide) groups is 2. The molecule has 10 heteroatoms. The fourth-order valence-corrected chi connectivity index (χ4v) is 10.2. The molecule has 0 aliphatic rings. The molecule has 358 valence electrons. The molecule has 0 saturated heterocycles. The Morgan fingerprint density at radius 1 is 0.383 bits per heavy atom. The third kappa shape index (κ3) is 40.6. The summed E-state index contributed by atoms with van der Waals surface area (Å²) in [6.07, 6.45) is 32.1. The molecule has 0 saturated carbocycles. The predicted octanol–water partition coefficient (Wildman–Crippen LogP) is 12.5. The summed E-state index contributed by atoms with van der Waals surface area (Å²) in [5.74, 6) is 0. The van der Waals surface area contributed by atoms with Gasteiger partial charge in [0.2, 0.25) is 0 Å². The number of carbonyl (C=O) groups excluding carboxylic acids is 2. The van der Waals surface area contributed by atoms with Crippen LogP contribution in [-0.4, -0.2) is 109 Å². The quantitative estimate of drug-likeness (QED) is 0.0347. The van der Waals surface area contributed by atoms with Crippen molar-refractivity contribution in [1.29, 1.82) is 0 Å². The van der Waals surface area contributed by atoms with Gasteiger partial charge in [-0.25, -0.2) is 0 Å². The maximum Gasteiger partial charge on any atom is 0.190 e. The number of carbonyl (C=O) groups is 2. The van der Waals surface area contributed by atoms with Crippen LogP contribution < -0.4 is 0 Å². The summed E-state index contributed by atoms with van der Waals surface area (Å²) in [4.78, 5) is 30.4. The van der Waals surface area contributed by atoms with E-state index in [-0.39, 0.29) is 14.8 Å². The van der Waals surface area contributed by atoms with Crippen molar-refractivity contribution in [3.63, 3.8) is 0 Å². The molecule has 0 heterocycles. The van der Waals surface area contributed by atoms with Crippen molar-refractivity contribution in [3.8, 4) is 0 Å². The van der Waals surface area contributed by atoms with Crippen LogP contribution in [0.25, 0.3) is 0 Å². The fourth-order valence-electron chi connectivity index (χ4n) is 8.12. The first-order chi connectivity index (χ1) is 29.0. The summed E-state index contributed by atoms with van der Waals surface area (Å²) in [5, 5.41) is 43.7. The van der Waals surface area contributed by atoms with E-state index in [9.17, 15) is 30.0 Å². The van der Waals surface area contributed by atoms with Crippen molar-refractivity contribution in [2.24, 2.45) is 0 Å². The van der Waals surface area contributed by atoms with Crippen LogP contribution in [-0.2, 0) is 9.59 Å². The molecule has 4 unspecified atom stereocenters. The van der Waals surface area contributed by atoms with Gasteiger partial charge in [-0.15, -0.1) is 0 Å². The summed E-state index contributed by atoms with van der Waals surface area (Å²) in [6.45, 7) is 14.2. The van der Waals surface area contributed by atoms with E-state index in [1.54, 1.807) is 0 Å². The van der Waals surface area contributed by atoms with E-state index >= 15 is 0 Å². The first-order valence-electron chi connectivity index (χ1n) is 25.6. The monoisotopic (exact) mass is 889 g/mol. The second-order valence-corrected chi connectivity index (χ2v) is 21.2. The maximum absolute atomic E-state index is 13.0. The van der Waals surface area contributed by atoms with Crippen molar-refractivity contribution in [2.45, 2.75) is 269 Å². The minimum Gasteiger partial charge on any atom is -0.392 e. The Bertz CT molecular complexity index is 828. The second kappa shape index (κ2) is 44.0. The number of aliphatic hydroxyl groups excluding tert-OH is 4. The maximum atomic E-state index is 13.0. The standard InChI is InChI=1S/C50H100N2O6S2/c1-6-10-14-18-22-26-32-45(53)40-51(41-46(54)33-27-23-19-15-11-7-2)38-30-36-49(57)59-44(5)60-50(58)37-31-39-52(42-47(55)34-28-24-20-16-12-8-3)43-48(56)35-29-25-21-17-13-9-4/h44-48,53-56H,6-43H2,1-5H3. The molecule has 0 amide bonds. The lowest BCUT2D eigenvalue weighted by molar-refractivity contribution is -0.111. The number of hydrogen-bond donors (Lipinski definition) is 4. The van der Waals surface area contributed by atoms with Gasteiger partial charge in [0.15, 0.2) is 10.2 Å². The van der Waals surface area contributed by atoms with Crippen LogP contribution in [0, 0.1) is 0 Å². The molecule has 0 aromatic heterocycles. The summed E-state index contributed by atoms with van der Waals surface area (Å²) in [7, 11) is 0. The van der Waals surface area contributed by atoms with E-state index in [1.807, 2.05) is 6.92 Å². The lowest BCUT2D eigenvalue weighted by Crippen LogP contribution is -2.39. The van der Waals surface area contributed by atoms with Crippen LogP contribution in [0.2, 0.25) is 0 Å². The Balaban J connectivity index is 4.88. The third-order valence-corrected chi connectivity index (χ3v) is 13.9. The number of unbranched alkanes of at least 4 members (excludes halogenated alkanes) is 20. The van der Waals surface area contributed by atoms with Gasteiger partial charge in [0.05, 0.1) is 29.0 Å². The van der Waals surface area contributed by atoms with Gasteiger partial charge in [0.25, 0.3) is 0 Å². The van der Waals surface area contributed by atoms with Gasteiger partial charge in [-0.05, 0) is 58.5 Å². The van der Waals surface area contributed by atoms with E-state index < -0.39 is 24.4 Å². The molecule has 0 fully saturated rings. The number of aliphatic hydroxyl groups is 4. The highest BCUT2D eigenvalue weighted by atomic mass is 32.2. The molecular weight excluding hydrogens is 789 g/mol. The molecule has 0 aromatic carbocycles. The highest BCUT2D eigenvalue weighted by Crippen LogP contribution is 2.27. The highest BCUT2D eigenvalue weighted by molar-refractivity contribution is 8.29. The average Bonchev–Trinajstić information content (AvgIpc) is 3.20. The predicted molar refractivity (Wildman–Crippen MR) is 262 cm³/mol. The van der Waals surface area contributed by atoms with Crippen molar-refractivity contribution in [1.82, 2.24) is 9.80 Å². The van der Waals surface area contributed by atoms with Gasteiger partial charge in [-0.3, -0.25) is 19.4 Å². The first-order valence-corrected chi connectivity index (χ1v) is 27.4. The lowest BCUT2D eigenvalue weighted by Gasteiger charge is -2.27. The molecule has 0 radical (unpaired) electrons. The first kappa shape index (κ1) is 59.8. The van der Waals surface area contributed by atoms with E-state index in [0.717, 1.165) is 77.0 Å². The van der Waals surface area contributed by atoms with Crippen LogP contribution in [0.1, 0.15) is 240 Å². The summed E-state index contributed by atoms with van der Waals surface area (Å²) >= 11 is 2.48. The topological polar surface area (TPSA) is 122 Å². The Morgan fingerprint density at radius 3 is 0.867 bits per heavy atom. The number of nitrogens with zero attached hydrogens (tertiary/aromatic N) is 2. The number of hydrogen-bond acceptors (Lipinski definition) is 10. The van der Waals surface area contributed by atoms with Crippen LogP contribution in [0.5, 0.6) is 0 Å². The Kier molecular flexibility index (Phi) is 43.9. The summed E-state index contributed by atoms with van der Waals surface area (Å²) in [5.41, 5.74) is 0. The van der Waals surface area contributed by atoms with Gasteiger partial charge in [0.1, 0.15) is 0 Å². The molecule has 4 atom stereocenters. The van der Waals surface area contributed by atoms with Crippen LogP contribution >= 0.6 is 23.5 Å². The Hall–Kier alpha value is -0.200. The molecule has 0 bridgehead atoms. The lowest BCUT2D eigenvalue weighted by atomic mass is 10.1. The summed E-state index contributed by atoms with van der Waals surface area (Å²) < 4.78 is -0.172. The minimum atomic E-state index is -0.428. The molecule has 8 nitrogen and oxygen atoms in total. The zero-order valence-corrected chi connectivity index (χ0v) is 41.7. The fraction of sp³-hybridized carbons (Fsp3) is 0.960. The Morgan fingerprint density at radius 2 is 0.617 bits per heavy atom. The zero-order chi connectivity index (χ0) is 44.5. The molecule has 4 N–H and O–H groups in total. The van der Waals surface area contributed by atoms with Crippen molar-refractivity contribution >= 4 is 33.8 Å². The normalized spacial score (nSPS) is 14.5. The molecule has 0 aliphatic carbocycles. The van der Waals surface area contributed by atoms with Gasteiger partial charge < -0.3 is 20.4 Å². The van der Waals surface area contributed by atoms with Crippen LogP contribution in [0.3, 0.4) is 0 Å². The van der Waals surface area contributed by atoms with Gasteiger partial charge >= 0.3 is 0 Å². The van der Waals surface area contributed by atoms with E-state index in [4.69, 9.17) is 0 Å². The number of rotatable bonds is 46. The van der Waals surface area contributed by atoms with E-state index in [0.29, 0.717) is 65.0 Å². The van der Waals surface area contributed by atoms with Gasteiger partial charge in [-0.1, -0.05) is 205 Å². The van der Waals surface area contributed by atoms with Gasteiger partial charge in [0, 0.05) is 39.0 Å². The van der Waals surface area contributed by atoms with E-state index in [1.165, 1.54) is 126 Å². The molecular formula is C50H100N2O6S2.